The molecule has 2 heterocycles. The van der Waals surface area contributed by atoms with E-state index in [1.165, 1.54) is 0 Å². The van der Waals surface area contributed by atoms with Crippen molar-refractivity contribution in [2.45, 2.75) is 13.0 Å². The van der Waals surface area contributed by atoms with Gasteiger partial charge in [-0.15, -0.1) is 11.3 Å². The summed E-state index contributed by atoms with van der Waals surface area (Å²) in [6, 6.07) is 3.26. The molecule has 84 valence electrons. The van der Waals surface area contributed by atoms with E-state index in [4.69, 9.17) is 5.11 Å². The van der Waals surface area contributed by atoms with E-state index in [0.29, 0.717) is 0 Å². The Labute approximate surface area is 97.1 Å². The molecule has 1 unspecified atom stereocenters. The van der Waals surface area contributed by atoms with Gasteiger partial charge < -0.3 is 10.0 Å². The van der Waals surface area contributed by atoms with Gasteiger partial charge in [-0.05, 0) is 24.4 Å². The maximum Gasteiger partial charge on any atom is 0.326 e. The Hall–Kier alpha value is -1.62. The van der Waals surface area contributed by atoms with Gasteiger partial charge in [-0.1, -0.05) is 0 Å². The van der Waals surface area contributed by atoms with E-state index in [1.54, 1.807) is 36.4 Å². The summed E-state index contributed by atoms with van der Waals surface area (Å²) in [5.74, 6) is -0.831. The second-order valence-electron chi connectivity index (χ2n) is 3.59. The number of anilines is 1. The lowest BCUT2D eigenvalue weighted by Gasteiger charge is -2.24. The van der Waals surface area contributed by atoms with Crippen LogP contribution in [0.4, 0.5) is 5.69 Å². The molecular formula is C11H12N2O2S. The molecule has 2 aromatic heterocycles. The number of hydrogen-bond donors (Lipinski definition) is 1. The van der Waals surface area contributed by atoms with E-state index in [2.05, 4.69) is 4.98 Å². The van der Waals surface area contributed by atoms with Gasteiger partial charge in [0.15, 0.2) is 0 Å². The minimum atomic E-state index is -0.831. The largest absolute Gasteiger partial charge is 0.480 e. The van der Waals surface area contributed by atoms with Crippen LogP contribution in [0.3, 0.4) is 0 Å². The van der Waals surface area contributed by atoms with Crippen LogP contribution in [0.2, 0.25) is 0 Å². The van der Waals surface area contributed by atoms with Crippen LogP contribution in [0.5, 0.6) is 0 Å². The number of likely N-dealkylation sites (N-methyl/N-ethyl adjacent to an activating group) is 1. The Morgan fingerprint density at radius 3 is 3.00 bits per heavy atom. The summed E-state index contributed by atoms with van der Waals surface area (Å²) in [7, 11) is 1.78. The first-order valence-electron chi connectivity index (χ1n) is 4.89. The van der Waals surface area contributed by atoms with Crippen LogP contribution < -0.4 is 4.90 Å². The first-order valence-corrected chi connectivity index (χ1v) is 5.77. The van der Waals surface area contributed by atoms with Gasteiger partial charge in [0.25, 0.3) is 0 Å². The van der Waals surface area contributed by atoms with Crippen LogP contribution in [-0.2, 0) is 4.79 Å². The third-order valence-electron chi connectivity index (χ3n) is 2.66. The van der Waals surface area contributed by atoms with Crippen molar-refractivity contribution in [3.63, 3.8) is 0 Å². The highest BCUT2D eigenvalue weighted by Crippen LogP contribution is 2.28. The third kappa shape index (κ3) is 1.74. The lowest BCUT2D eigenvalue weighted by Crippen LogP contribution is -2.35. The molecule has 2 aromatic rings. The van der Waals surface area contributed by atoms with Crippen LogP contribution in [-0.4, -0.2) is 29.1 Å². The molecule has 0 saturated heterocycles. The molecule has 5 heteroatoms. The molecule has 0 aliphatic carbocycles. The maximum absolute atomic E-state index is 10.9. The predicted octanol–water partition coefficient (Wildman–Crippen LogP) is 2.21. The Kier molecular flexibility index (Phi) is 2.78. The highest BCUT2D eigenvalue weighted by atomic mass is 32.1. The molecule has 0 saturated carbocycles. The van der Waals surface area contributed by atoms with E-state index < -0.39 is 12.0 Å². The Bertz CT molecular complexity index is 523. The van der Waals surface area contributed by atoms with E-state index in [0.717, 1.165) is 15.9 Å². The molecule has 1 N–H and O–H groups in total. The lowest BCUT2D eigenvalue weighted by atomic mass is 10.2. The van der Waals surface area contributed by atoms with Crippen LogP contribution in [0.15, 0.2) is 23.7 Å². The topological polar surface area (TPSA) is 53.4 Å². The van der Waals surface area contributed by atoms with Crippen molar-refractivity contribution in [1.29, 1.82) is 0 Å². The van der Waals surface area contributed by atoms with Crippen LogP contribution >= 0.6 is 11.3 Å². The number of hydrogen-bond acceptors (Lipinski definition) is 4. The summed E-state index contributed by atoms with van der Waals surface area (Å²) >= 11 is 1.55. The summed E-state index contributed by atoms with van der Waals surface area (Å²) in [6.07, 6.45) is 1.71. The maximum atomic E-state index is 10.9. The Morgan fingerprint density at radius 1 is 1.56 bits per heavy atom. The second-order valence-corrected chi connectivity index (χ2v) is 4.49. The van der Waals surface area contributed by atoms with Crippen LogP contribution in [0.1, 0.15) is 6.92 Å². The van der Waals surface area contributed by atoms with Crippen molar-refractivity contribution in [1.82, 2.24) is 4.98 Å². The second kappa shape index (κ2) is 4.09. The van der Waals surface area contributed by atoms with Crippen molar-refractivity contribution >= 4 is 33.2 Å². The molecule has 0 spiro atoms. The van der Waals surface area contributed by atoms with Gasteiger partial charge in [-0.25, -0.2) is 9.78 Å². The van der Waals surface area contributed by atoms with Crippen molar-refractivity contribution in [2.24, 2.45) is 0 Å². The number of aromatic nitrogens is 1. The standard InChI is InChI=1S/C11H12N2O2S/c1-7(11(14)15)13(2)9-3-5-12-10-8(9)4-6-16-10/h3-7H,1-2H3,(H,14,15). The zero-order valence-corrected chi connectivity index (χ0v) is 9.86. The molecule has 0 aromatic carbocycles. The SMILES string of the molecule is CC(C(=O)O)N(C)c1ccnc2sccc12. The molecule has 0 aliphatic heterocycles. The minimum absolute atomic E-state index is 0.550. The molecule has 2 rings (SSSR count). The Morgan fingerprint density at radius 2 is 2.31 bits per heavy atom. The summed E-state index contributed by atoms with van der Waals surface area (Å²) in [5, 5.41) is 11.9. The van der Waals surface area contributed by atoms with E-state index in [-0.39, 0.29) is 0 Å². The van der Waals surface area contributed by atoms with Crippen molar-refractivity contribution in [3.05, 3.63) is 23.7 Å². The van der Waals surface area contributed by atoms with Gasteiger partial charge in [-0.2, -0.15) is 0 Å². The van der Waals surface area contributed by atoms with E-state index >= 15 is 0 Å². The van der Waals surface area contributed by atoms with Crippen LogP contribution in [0.25, 0.3) is 10.2 Å². The van der Waals surface area contributed by atoms with Crippen LogP contribution in [0, 0.1) is 0 Å². The van der Waals surface area contributed by atoms with Crippen molar-refractivity contribution < 1.29 is 9.90 Å². The smallest absolute Gasteiger partial charge is 0.326 e. The molecule has 0 bridgehead atoms. The number of fused-ring (bicyclic) bond motifs is 1. The molecule has 1 atom stereocenters. The van der Waals surface area contributed by atoms with E-state index in [1.807, 2.05) is 17.5 Å². The van der Waals surface area contributed by atoms with Gasteiger partial charge >= 0.3 is 5.97 Å². The van der Waals surface area contributed by atoms with E-state index in [9.17, 15) is 4.79 Å². The fourth-order valence-electron chi connectivity index (χ4n) is 1.54. The minimum Gasteiger partial charge on any atom is -0.480 e. The number of rotatable bonds is 3. The highest BCUT2D eigenvalue weighted by Gasteiger charge is 2.19. The quantitative estimate of drug-likeness (QED) is 0.887. The number of carboxylic acid groups (broad SMARTS) is 1. The lowest BCUT2D eigenvalue weighted by molar-refractivity contribution is -0.138. The molecule has 4 nitrogen and oxygen atoms in total. The first-order chi connectivity index (χ1) is 7.61. The molecule has 0 amide bonds. The summed E-state index contributed by atoms with van der Waals surface area (Å²) in [4.78, 5) is 17.8. The van der Waals surface area contributed by atoms with Crippen molar-refractivity contribution in [2.75, 3.05) is 11.9 Å². The number of nitrogens with zero attached hydrogens (tertiary/aromatic N) is 2. The van der Waals surface area contributed by atoms with Gasteiger partial charge in [0.2, 0.25) is 0 Å². The molecular weight excluding hydrogens is 224 g/mol. The fraction of sp³-hybridized carbons (Fsp3) is 0.273. The zero-order valence-electron chi connectivity index (χ0n) is 9.04. The third-order valence-corrected chi connectivity index (χ3v) is 3.48. The average molecular weight is 236 g/mol. The van der Waals surface area contributed by atoms with Gasteiger partial charge in [0, 0.05) is 24.3 Å². The summed E-state index contributed by atoms with van der Waals surface area (Å²) in [6.45, 7) is 1.67. The molecule has 0 radical (unpaired) electrons. The number of carboxylic acids is 1. The monoisotopic (exact) mass is 236 g/mol. The zero-order chi connectivity index (χ0) is 11.7. The summed E-state index contributed by atoms with van der Waals surface area (Å²) < 4.78 is 0. The number of carbonyl (C=O) groups is 1. The Balaban J connectivity index is 2.46. The van der Waals surface area contributed by atoms with Gasteiger partial charge in [0.05, 0.1) is 0 Å². The molecule has 0 fully saturated rings. The predicted molar refractivity (Wildman–Crippen MR) is 65.1 cm³/mol. The summed E-state index contributed by atoms with van der Waals surface area (Å²) in [5.41, 5.74) is 0.904. The van der Waals surface area contributed by atoms with Gasteiger partial charge in [-0.3, -0.25) is 0 Å². The normalized spacial score (nSPS) is 12.6. The average Bonchev–Trinajstić information content (AvgIpc) is 2.74. The van der Waals surface area contributed by atoms with Gasteiger partial charge in [0.1, 0.15) is 10.9 Å². The number of thiophene rings is 1. The fourth-order valence-corrected chi connectivity index (χ4v) is 2.30. The van der Waals surface area contributed by atoms with Crippen molar-refractivity contribution in [3.8, 4) is 0 Å². The number of aliphatic carboxylic acids is 1. The number of pyridine rings is 1. The molecule has 16 heavy (non-hydrogen) atoms. The molecule has 0 aliphatic rings. The first kappa shape index (κ1) is 10.9. The highest BCUT2D eigenvalue weighted by molar-refractivity contribution is 7.16.